The second kappa shape index (κ2) is 4.52. The minimum Gasteiger partial charge on any atom is -0.377 e. The fourth-order valence-electron chi connectivity index (χ4n) is 3.33. The molecule has 1 spiro atoms. The fourth-order valence-corrected chi connectivity index (χ4v) is 3.33. The van der Waals surface area contributed by atoms with E-state index in [0.717, 1.165) is 38.2 Å². The van der Waals surface area contributed by atoms with Crippen molar-refractivity contribution < 1.29 is 9.13 Å². The quantitative estimate of drug-likeness (QED) is 0.866. The van der Waals surface area contributed by atoms with E-state index in [1.54, 1.807) is 19.2 Å². The first-order valence-electron chi connectivity index (χ1n) is 6.53. The van der Waals surface area contributed by atoms with Crippen molar-refractivity contribution in [3.63, 3.8) is 0 Å². The average Bonchev–Trinajstić information content (AvgIpc) is 2.39. The highest BCUT2D eigenvalue weighted by atomic mass is 19.1. The molecule has 0 amide bonds. The second-order valence-electron chi connectivity index (χ2n) is 5.17. The lowest BCUT2D eigenvalue weighted by Gasteiger charge is -2.61. The van der Waals surface area contributed by atoms with Crippen LogP contribution in [0.5, 0.6) is 0 Å². The first-order chi connectivity index (χ1) is 8.76. The molecule has 2 aliphatic heterocycles. The Kier molecular flexibility index (Phi) is 2.99. The number of hydrogen-bond acceptors (Lipinski definition) is 3. The van der Waals surface area contributed by atoms with Crippen molar-refractivity contribution in [2.24, 2.45) is 0 Å². The van der Waals surface area contributed by atoms with Gasteiger partial charge in [-0.3, -0.25) is 0 Å². The molecule has 0 bridgehead atoms. The normalized spacial score (nSPS) is 26.1. The Labute approximate surface area is 107 Å². The molecule has 2 fully saturated rings. The van der Waals surface area contributed by atoms with Gasteiger partial charge in [0.1, 0.15) is 5.82 Å². The number of rotatable bonds is 2. The third-order valence-corrected chi connectivity index (χ3v) is 4.36. The molecule has 0 radical (unpaired) electrons. The molecule has 3 rings (SSSR count). The molecule has 3 nitrogen and oxygen atoms in total. The molecule has 4 heteroatoms. The maximum atomic E-state index is 13.4. The number of ether oxygens (including phenoxy) is 1. The zero-order valence-corrected chi connectivity index (χ0v) is 10.7. The molecular formula is C14H19FN2O. The highest BCUT2D eigenvalue weighted by molar-refractivity contribution is 5.54. The number of benzene rings is 1. The van der Waals surface area contributed by atoms with E-state index in [2.05, 4.69) is 10.2 Å². The van der Waals surface area contributed by atoms with Crippen LogP contribution in [-0.2, 0) is 4.74 Å². The number of hydrogen-bond donors (Lipinski definition) is 1. The molecule has 2 heterocycles. The van der Waals surface area contributed by atoms with Gasteiger partial charge in [0.05, 0.1) is 11.6 Å². The summed E-state index contributed by atoms with van der Waals surface area (Å²) in [7, 11) is 1.78. The maximum absolute atomic E-state index is 13.4. The molecule has 1 aromatic carbocycles. The molecular weight excluding hydrogens is 231 g/mol. The summed E-state index contributed by atoms with van der Waals surface area (Å²) in [6, 6.07) is 6.88. The van der Waals surface area contributed by atoms with Gasteiger partial charge in [-0.15, -0.1) is 0 Å². The van der Waals surface area contributed by atoms with Crippen LogP contribution in [-0.4, -0.2) is 38.4 Å². The zero-order valence-electron chi connectivity index (χ0n) is 10.7. The lowest BCUT2D eigenvalue weighted by Crippen LogP contribution is -2.74. The lowest BCUT2D eigenvalue weighted by molar-refractivity contribution is -0.0310. The van der Waals surface area contributed by atoms with Crippen LogP contribution in [0.1, 0.15) is 12.8 Å². The van der Waals surface area contributed by atoms with E-state index in [0.29, 0.717) is 0 Å². The molecule has 1 N–H and O–H groups in total. The largest absolute Gasteiger partial charge is 0.377 e. The number of nitrogens with one attached hydrogen (secondary N) is 1. The van der Waals surface area contributed by atoms with Crippen LogP contribution in [0.15, 0.2) is 24.3 Å². The van der Waals surface area contributed by atoms with Gasteiger partial charge < -0.3 is 15.0 Å². The fraction of sp³-hybridized carbons (Fsp3) is 0.571. The monoisotopic (exact) mass is 250 g/mol. The molecule has 1 atom stereocenters. The molecule has 98 valence electrons. The molecule has 2 saturated heterocycles. The predicted octanol–water partition coefficient (Wildman–Crippen LogP) is 1.78. The van der Waals surface area contributed by atoms with E-state index in [1.165, 1.54) is 6.07 Å². The summed E-state index contributed by atoms with van der Waals surface area (Å²) >= 11 is 0. The highest BCUT2D eigenvalue weighted by Crippen LogP contribution is 2.43. The summed E-state index contributed by atoms with van der Waals surface area (Å²) in [5, 5.41) is 3.38. The van der Waals surface area contributed by atoms with E-state index in [9.17, 15) is 4.39 Å². The summed E-state index contributed by atoms with van der Waals surface area (Å²) in [5.41, 5.74) is 1.04. The number of methoxy groups -OCH3 is 1. The van der Waals surface area contributed by atoms with Crippen molar-refractivity contribution in [1.82, 2.24) is 5.32 Å². The topological polar surface area (TPSA) is 24.5 Å². The molecule has 0 aliphatic carbocycles. The maximum Gasteiger partial charge on any atom is 0.125 e. The van der Waals surface area contributed by atoms with Crippen LogP contribution in [0, 0.1) is 5.82 Å². The first-order valence-corrected chi connectivity index (χ1v) is 6.53. The number of anilines is 1. The second-order valence-corrected chi connectivity index (χ2v) is 5.17. The summed E-state index contributed by atoms with van der Waals surface area (Å²) in [5.74, 6) is -0.169. The highest BCUT2D eigenvalue weighted by Gasteiger charge is 2.54. The average molecular weight is 250 g/mol. The van der Waals surface area contributed by atoms with Crippen molar-refractivity contribution in [3.05, 3.63) is 30.1 Å². The summed E-state index contributed by atoms with van der Waals surface area (Å²) in [4.78, 5) is 2.31. The molecule has 0 saturated carbocycles. The van der Waals surface area contributed by atoms with Gasteiger partial charge >= 0.3 is 0 Å². The summed E-state index contributed by atoms with van der Waals surface area (Å²) < 4.78 is 19.0. The van der Waals surface area contributed by atoms with Gasteiger partial charge in [-0.2, -0.15) is 0 Å². The standard InChI is InChI=1S/C14H19FN2O/c1-18-13-10-17(12-4-2-3-11(15)9-12)14(13)5-7-16-8-6-14/h2-4,9,13,16H,5-8,10H2,1H3/t13-/m1/s1. The van der Waals surface area contributed by atoms with Crippen molar-refractivity contribution in [2.75, 3.05) is 31.6 Å². The SMILES string of the molecule is CO[C@@H]1CN(c2cccc(F)c2)C12CCNCC2. The van der Waals surface area contributed by atoms with Crippen LogP contribution in [0.4, 0.5) is 10.1 Å². The third kappa shape index (κ3) is 1.71. The van der Waals surface area contributed by atoms with Gasteiger partial charge in [0.25, 0.3) is 0 Å². The Hall–Kier alpha value is -1.13. The van der Waals surface area contributed by atoms with Gasteiger partial charge in [0, 0.05) is 19.3 Å². The molecule has 1 aromatic rings. The Morgan fingerprint density at radius 2 is 2.17 bits per heavy atom. The minimum absolute atomic E-state index is 0.0633. The minimum atomic E-state index is -0.169. The van der Waals surface area contributed by atoms with Crippen LogP contribution in [0.2, 0.25) is 0 Å². The zero-order chi connectivity index (χ0) is 12.6. The smallest absolute Gasteiger partial charge is 0.125 e. The Morgan fingerprint density at radius 1 is 1.39 bits per heavy atom. The van der Waals surface area contributed by atoms with Crippen LogP contribution in [0.3, 0.4) is 0 Å². The Balaban J connectivity index is 1.88. The number of halogens is 1. The van der Waals surface area contributed by atoms with Gasteiger partial charge in [0.15, 0.2) is 0 Å². The Bertz CT molecular complexity index is 432. The predicted molar refractivity (Wildman–Crippen MR) is 69.4 cm³/mol. The van der Waals surface area contributed by atoms with Crippen molar-refractivity contribution in [2.45, 2.75) is 24.5 Å². The summed E-state index contributed by atoms with van der Waals surface area (Å²) in [6.07, 6.45) is 2.38. The molecule has 18 heavy (non-hydrogen) atoms. The molecule has 0 aromatic heterocycles. The molecule has 2 aliphatic rings. The number of piperidine rings is 1. The van der Waals surface area contributed by atoms with Crippen molar-refractivity contribution >= 4 is 5.69 Å². The molecule has 0 unspecified atom stereocenters. The third-order valence-electron chi connectivity index (χ3n) is 4.36. The van der Waals surface area contributed by atoms with E-state index in [4.69, 9.17) is 4.74 Å². The van der Waals surface area contributed by atoms with E-state index in [-0.39, 0.29) is 17.5 Å². The van der Waals surface area contributed by atoms with E-state index >= 15 is 0 Å². The van der Waals surface area contributed by atoms with Crippen molar-refractivity contribution in [1.29, 1.82) is 0 Å². The van der Waals surface area contributed by atoms with Gasteiger partial charge in [-0.05, 0) is 44.1 Å². The van der Waals surface area contributed by atoms with E-state index in [1.807, 2.05) is 6.07 Å². The van der Waals surface area contributed by atoms with Crippen LogP contribution in [0.25, 0.3) is 0 Å². The lowest BCUT2D eigenvalue weighted by atomic mass is 9.73. The van der Waals surface area contributed by atoms with Gasteiger partial charge in [-0.25, -0.2) is 4.39 Å². The van der Waals surface area contributed by atoms with Crippen LogP contribution < -0.4 is 10.2 Å². The van der Waals surface area contributed by atoms with Crippen molar-refractivity contribution in [3.8, 4) is 0 Å². The van der Waals surface area contributed by atoms with Gasteiger partial charge in [0.2, 0.25) is 0 Å². The van der Waals surface area contributed by atoms with E-state index < -0.39 is 0 Å². The van der Waals surface area contributed by atoms with Gasteiger partial charge in [-0.1, -0.05) is 6.07 Å². The van der Waals surface area contributed by atoms with Crippen LogP contribution >= 0.6 is 0 Å². The summed E-state index contributed by atoms with van der Waals surface area (Å²) in [6.45, 7) is 2.87. The first kappa shape index (κ1) is 11.9. The number of nitrogens with zero attached hydrogens (tertiary/aromatic N) is 1. The Morgan fingerprint density at radius 3 is 2.83 bits per heavy atom.